The largest absolute Gasteiger partial charge is 0.395 e. The van der Waals surface area contributed by atoms with Crippen LogP contribution in [0.25, 0.3) is 0 Å². The molecule has 0 aromatic heterocycles. The molecule has 1 N–H and O–H groups in total. The number of carbonyl (C=O) groups is 1. The monoisotopic (exact) mass is 322 g/mol. The van der Waals surface area contributed by atoms with Crippen LogP contribution in [0.15, 0.2) is 24.3 Å². The highest BCUT2D eigenvalue weighted by molar-refractivity contribution is 5.79. The van der Waals surface area contributed by atoms with E-state index in [9.17, 15) is 14.3 Å². The first-order valence-electron chi connectivity index (χ1n) is 8.21. The lowest BCUT2D eigenvalue weighted by molar-refractivity contribution is -0.138. The number of carbonyl (C=O) groups excluding carboxylic acids is 1. The maximum atomic E-state index is 13.4. The third kappa shape index (κ3) is 5.29. The van der Waals surface area contributed by atoms with E-state index in [4.69, 9.17) is 0 Å². The molecule has 1 aromatic rings. The summed E-state index contributed by atoms with van der Waals surface area (Å²) in [6.07, 6.45) is 2.18. The number of aliphatic hydroxyl groups excluding tert-OH is 1. The van der Waals surface area contributed by atoms with Crippen molar-refractivity contribution in [1.82, 2.24) is 9.80 Å². The van der Waals surface area contributed by atoms with Crippen molar-refractivity contribution in [2.75, 3.05) is 19.7 Å². The lowest BCUT2D eigenvalue weighted by Crippen LogP contribution is -2.49. The van der Waals surface area contributed by atoms with E-state index in [-0.39, 0.29) is 23.9 Å². The lowest BCUT2D eigenvalue weighted by Gasteiger charge is -2.37. The van der Waals surface area contributed by atoms with Gasteiger partial charge in [-0.05, 0) is 51.3 Å². The summed E-state index contributed by atoms with van der Waals surface area (Å²) in [6, 6.07) is 6.79. The molecule has 0 spiro atoms. The number of halogens is 1. The smallest absolute Gasteiger partial charge is 0.237 e. The van der Waals surface area contributed by atoms with Crippen molar-refractivity contribution in [3.8, 4) is 0 Å². The molecule has 0 radical (unpaired) electrons. The lowest BCUT2D eigenvalue weighted by atomic mass is 10.0. The molecule has 0 saturated heterocycles. The molecule has 4 nitrogen and oxygen atoms in total. The van der Waals surface area contributed by atoms with Crippen LogP contribution < -0.4 is 0 Å². The van der Waals surface area contributed by atoms with Crippen LogP contribution in [0, 0.1) is 5.82 Å². The highest BCUT2D eigenvalue weighted by Crippen LogP contribution is 2.27. The predicted octanol–water partition coefficient (Wildman–Crippen LogP) is 2.41. The summed E-state index contributed by atoms with van der Waals surface area (Å²) < 4.78 is 13.4. The Bertz CT molecular complexity index is 538. The van der Waals surface area contributed by atoms with E-state index >= 15 is 0 Å². The van der Waals surface area contributed by atoms with Crippen molar-refractivity contribution in [3.05, 3.63) is 35.6 Å². The Morgan fingerprint density at radius 1 is 1.35 bits per heavy atom. The summed E-state index contributed by atoms with van der Waals surface area (Å²) in [7, 11) is 0. The minimum Gasteiger partial charge on any atom is -0.395 e. The van der Waals surface area contributed by atoms with Gasteiger partial charge in [-0.3, -0.25) is 9.69 Å². The summed E-state index contributed by atoms with van der Waals surface area (Å²) in [5.74, 6) is -0.272. The van der Waals surface area contributed by atoms with Crippen LogP contribution in [0.3, 0.4) is 0 Å². The number of hydrogen-bond acceptors (Lipinski definition) is 3. The van der Waals surface area contributed by atoms with Gasteiger partial charge < -0.3 is 10.0 Å². The van der Waals surface area contributed by atoms with E-state index in [1.165, 1.54) is 12.1 Å². The Balaban J connectivity index is 2.09. The van der Waals surface area contributed by atoms with E-state index in [0.29, 0.717) is 25.7 Å². The quantitative estimate of drug-likeness (QED) is 0.838. The molecule has 1 aromatic carbocycles. The van der Waals surface area contributed by atoms with Gasteiger partial charge in [0.05, 0.1) is 13.2 Å². The van der Waals surface area contributed by atoms with Gasteiger partial charge in [0.25, 0.3) is 0 Å². The third-order valence-electron chi connectivity index (χ3n) is 4.13. The molecule has 1 aliphatic carbocycles. The molecule has 0 aliphatic heterocycles. The molecule has 2 rings (SSSR count). The Morgan fingerprint density at radius 3 is 2.57 bits per heavy atom. The molecule has 1 fully saturated rings. The molecule has 128 valence electrons. The molecule has 23 heavy (non-hydrogen) atoms. The molecule has 0 atom stereocenters. The van der Waals surface area contributed by atoms with Crippen LogP contribution >= 0.6 is 0 Å². The minimum atomic E-state index is -0.349. The standard InChI is InChI=1S/C18H27FN2O2/c1-18(2,3)21(12-14-5-4-6-15(19)11-14)17(23)13-20(9-10-22)16-7-8-16/h4-6,11,16,22H,7-10,12-13H2,1-3H3. The molecule has 0 bridgehead atoms. The zero-order valence-electron chi connectivity index (χ0n) is 14.3. The van der Waals surface area contributed by atoms with Gasteiger partial charge in [0.1, 0.15) is 5.82 Å². The van der Waals surface area contributed by atoms with Crippen molar-refractivity contribution < 1.29 is 14.3 Å². The normalized spacial score (nSPS) is 15.0. The molecule has 1 amide bonds. The SMILES string of the molecule is CC(C)(C)N(Cc1cccc(F)c1)C(=O)CN(CCO)C1CC1. The second-order valence-electron chi connectivity index (χ2n) is 7.21. The topological polar surface area (TPSA) is 43.8 Å². The van der Waals surface area contributed by atoms with Crippen LogP contribution in [0.1, 0.15) is 39.2 Å². The van der Waals surface area contributed by atoms with Crippen LogP contribution in [-0.2, 0) is 11.3 Å². The fourth-order valence-corrected chi connectivity index (χ4v) is 2.74. The average molecular weight is 322 g/mol. The van der Waals surface area contributed by atoms with Gasteiger partial charge in [0, 0.05) is 24.7 Å². The number of rotatable bonds is 7. The summed E-state index contributed by atoms with van der Waals surface area (Å²) in [4.78, 5) is 16.6. The second-order valence-corrected chi connectivity index (χ2v) is 7.21. The molecule has 1 saturated carbocycles. The van der Waals surface area contributed by atoms with E-state index in [1.807, 2.05) is 31.7 Å². The van der Waals surface area contributed by atoms with Gasteiger partial charge in [-0.2, -0.15) is 0 Å². The molecule has 0 unspecified atom stereocenters. The maximum Gasteiger partial charge on any atom is 0.237 e. The molecular weight excluding hydrogens is 295 g/mol. The van der Waals surface area contributed by atoms with Crippen LogP contribution in [0.5, 0.6) is 0 Å². The van der Waals surface area contributed by atoms with E-state index in [2.05, 4.69) is 0 Å². The summed E-state index contributed by atoms with van der Waals surface area (Å²) in [5.41, 5.74) is 0.436. The van der Waals surface area contributed by atoms with Gasteiger partial charge in [-0.1, -0.05) is 12.1 Å². The van der Waals surface area contributed by atoms with Gasteiger partial charge in [-0.15, -0.1) is 0 Å². The van der Waals surface area contributed by atoms with Crippen LogP contribution in [0.4, 0.5) is 4.39 Å². The fraction of sp³-hybridized carbons (Fsp3) is 0.611. The first kappa shape index (κ1) is 17.9. The predicted molar refractivity (Wildman–Crippen MR) is 88.4 cm³/mol. The molecule has 5 heteroatoms. The van der Waals surface area contributed by atoms with Gasteiger partial charge >= 0.3 is 0 Å². The second kappa shape index (κ2) is 7.41. The Labute approximate surface area is 137 Å². The Hall–Kier alpha value is -1.46. The van der Waals surface area contributed by atoms with E-state index in [1.54, 1.807) is 11.0 Å². The van der Waals surface area contributed by atoms with Gasteiger partial charge in [0.2, 0.25) is 5.91 Å². The number of hydrogen-bond donors (Lipinski definition) is 1. The van der Waals surface area contributed by atoms with Crippen molar-refractivity contribution in [2.24, 2.45) is 0 Å². The maximum absolute atomic E-state index is 13.4. The zero-order valence-corrected chi connectivity index (χ0v) is 14.3. The highest BCUT2D eigenvalue weighted by Gasteiger charge is 2.33. The van der Waals surface area contributed by atoms with Crippen molar-refractivity contribution >= 4 is 5.91 Å². The summed E-state index contributed by atoms with van der Waals surface area (Å²) >= 11 is 0. The summed E-state index contributed by atoms with van der Waals surface area (Å²) in [5, 5.41) is 9.18. The molecular formula is C18H27FN2O2. The van der Waals surface area contributed by atoms with E-state index < -0.39 is 0 Å². The average Bonchev–Trinajstić information content (AvgIpc) is 3.27. The third-order valence-corrected chi connectivity index (χ3v) is 4.13. The van der Waals surface area contributed by atoms with Crippen LogP contribution in [-0.4, -0.2) is 52.1 Å². The van der Waals surface area contributed by atoms with Crippen molar-refractivity contribution in [2.45, 2.75) is 51.7 Å². The summed E-state index contributed by atoms with van der Waals surface area (Å²) in [6.45, 7) is 7.22. The molecule has 1 aliphatic rings. The molecule has 0 heterocycles. The van der Waals surface area contributed by atoms with Gasteiger partial charge in [-0.25, -0.2) is 4.39 Å². The first-order valence-corrected chi connectivity index (χ1v) is 8.21. The Morgan fingerprint density at radius 2 is 2.04 bits per heavy atom. The minimum absolute atomic E-state index is 0.0158. The zero-order chi connectivity index (χ0) is 17.0. The first-order chi connectivity index (χ1) is 10.8. The fourth-order valence-electron chi connectivity index (χ4n) is 2.74. The van der Waals surface area contributed by atoms with Crippen molar-refractivity contribution in [1.29, 1.82) is 0 Å². The van der Waals surface area contributed by atoms with Crippen molar-refractivity contribution in [3.63, 3.8) is 0 Å². The van der Waals surface area contributed by atoms with Crippen LogP contribution in [0.2, 0.25) is 0 Å². The van der Waals surface area contributed by atoms with E-state index in [0.717, 1.165) is 18.4 Å². The Kier molecular flexibility index (Phi) is 5.76. The highest BCUT2D eigenvalue weighted by atomic mass is 19.1. The number of aliphatic hydroxyl groups is 1. The number of amides is 1. The number of nitrogens with zero attached hydrogens (tertiary/aromatic N) is 2. The number of benzene rings is 1. The van der Waals surface area contributed by atoms with Gasteiger partial charge in [0.15, 0.2) is 0 Å².